The number of carbonyl (C=O) groups excluding carboxylic acids is 1. The summed E-state index contributed by atoms with van der Waals surface area (Å²) in [5.74, 6) is 0.976. The molecule has 0 radical (unpaired) electrons. The van der Waals surface area contributed by atoms with Crippen LogP contribution in [0.2, 0.25) is 0 Å². The Kier molecular flexibility index (Phi) is 3.58. The van der Waals surface area contributed by atoms with Crippen molar-refractivity contribution in [1.82, 2.24) is 9.88 Å². The van der Waals surface area contributed by atoms with E-state index in [9.17, 15) is 4.79 Å². The predicted molar refractivity (Wildman–Crippen MR) is 84.9 cm³/mol. The molecule has 1 aromatic heterocycles. The lowest BCUT2D eigenvalue weighted by molar-refractivity contribution is -0.140. The van der Waals surface area contributed by atoms with Gasteiger partial charge in [-0.15, -0.1) is 11.3 Å². The number of benzene rings is 1. The van der Waals surface area contributed by atoms with Crippen molar-refractivity contribution in [3.63, 3.8) is 0 Å². The topological polar surface area (TPSA) is 42.4 Å². The second kappa shape index (κ2) is 5.72. The zero-order valence-electron chi connectivity index (χ0n) is 12.3. The van der Waals surface area contributed by atoms with E-state index in [4.69, 9.17) is 4.74 Å². The number of hydrogen-bond acceptors (Lipinski definition) is 4. The minimum absolute atomic E-state index is 0.118. The summed E-state index contributed by atoms with van der Waals surface area (Å²) < 4.78 is 5.96. The molecule has 0 spiro atoms. The molecule has 1 amide bonds. The van der Waals surface area contributed by atoms with Gasteiger partial charge in [-0.1, -0.05) is 18.2 Å². The van der Waals surface area contributed by atoms with Gasteiger partial charge in [0.25, 0.3) is 5.91 Å². The molecule has 2 aromatic rings. The van der Waals surface area contributed by atoms with E-state index >= 15 is 0 Å². The fraction of sp³-hybridized carbons (Fsp3) is 0.412. The van der Waals surface area contributed by atoms with Gasteiger partial charge in [-0.25, -0.2) is 4.98 Å². The van der Waals surface area contributed by atoms with E-state index in [1.54, 1.807) is 17.5 Å². The van der Waals surface area contributed by atoms with Gasteiger partial charge in [0.1, 0.15) is 10.8 Å². The molecule has 0 N–H and O–H groups in total. The summed E-state index contributed by atoms with van der Waals surface area (Å²) in [6.07, 6.45) is 5.30. The zero-order valence-corrected chi connectivity index (χ0v) is 13.1. The first kappa shape index (κ1) is 13.8. The standard InChI is InChI=1S/C17H18N2O2S/c20-17(15-8-5-12-3-1-2-4-14(12)21-15)19(13-6-7-13)11-16-18-9-10-22-16/h1-4,9-10,13,15H,5-8,11H2. The van der Waals surface area contributed by atoms with Gasteiger partial charge < -0.3 is 9.64 Å². The fourth-order valence-electron chi connectivity index (χ4n) is 2.93. The van der Waals surface area contributed by atoms with E-state index in [1.165, 1.54) is 5.56 Å². The van der Waals surface area contributed by atoms with Crippen LogP contribution < -0.4 is 4.74 Å². The van der Waals surface area contributed by atoms with Crippen molar-refractivity contribution < 1.29 is 9.53 Å². The third-order valence-corrected chi connectivity index (χ3v) is 5.02. The normalized spacial score (nSPS) is 20.1. The fourth-order valence-corrected chi connectivity index (χ4v) is 3.55. The number of nitrogens with zero attached hydrogens (tertiary/aromatic N) is 2. The molecule has 1 aliphatic heterocycles. The summed E-state index contributed by atoms with van der Waals surface area (Å²) in [7, 11) is 0. The molecule has 1 aromatic carbocycles. The number of rotatable bonds is 4. The predicted octanol–water partition coefficient (Wildman–Crippen LogP) is 3.03. The first-order chi connectivity index (χ1) is 10.8. The van der Waals surface area contributed by atoms with Crippen LogP contribution in [0.5, 0.6) is 5.75 Å². The molecule has 4 nitrogen and oxygen atoms in total. The molecule has 5 heteroatoms. The van der Waals surface area contributed by atoms with Gasteiger partial charge in [0.2, 0.25) is 0 Å². The van der Waals surface area contributed by atoms with E-state index in [0.29, 0.717) is 12.6 Å². The smallest absolute Gasteiger partial charge is 0.264 e. The number of ether oxygens (including phenoxy) is 1. The van der Waals surface area contributed by atoms with E-state index < -0.39 is 0 Å². The lowest BCUT2D eigenvalue weighted by Crippen LogP contribution is -2.44. The molecule has 22 heavy (non-hydrogen) atoms. The maximum atomic E-state index is 12.9. The lowest BCUT2D eigenvalue weighted by Gasteiger charge is -2.30. The van der Waals surface area contributed by atoms with E-state index in [2.05, 4.69) is 11.1 Å². The summed E-state index contributed by atoms with van der Waals surface area (Å²) in [6.45, 7) is 0.614. The van der Waals surface area contributed by atoms with Gasteiger partial charge in [-0.05, 0) is 37.3 Å². The second-order valence-electron chi connectivity index (χ2n) is 5.88. The first-order valence-electron chi connectivity index (χ1n) is 7.74. The Bertz CT molecular complexity index is 667. The molecule has 0 bridgehead atoms. The van der Waals surface area contributed by atoms with Gasteiger partial charge in [0.15, 0.2) is 6.10 Å². The van der Waals surface area contributed by atoms with Crippen LogP contribution in [0.15, 0.2) is 35.8 Å². The first-order valence-corrected chi connectivity index (χ1v) is 8.62. The van der Waals surface area contributed by atoms with Crippen LogP contribution in [0.25, 0.3) is 0 Å². The number of carbonyl (C=O) groups is 1. The molecule has 1 aliphatic carbocycles. The van der Waals surface area contributed by atoms with Gasteiger partial charge in [0, 0.05) is 17.6 Å². The molecular formula is C17H18N2O2S. The molecule has 4 rings (SSSR count). The van der Waals surface area contributed by atoms with E-state index in [-0.39, 0.29) is 12.0 Å². The van der Waals surface area contributed by atoms with Crippen molar-refractivity contribution in [2.45, 2.75) is 44.4 Å². The molecule has 1 saturated carbocycles. The van der Waals surface area contributed by atoms with Gasteiger partial charge >= 0.3 is 0 Å². The van der Waals surface area contributed by atoms with Crippen molar-refractivity contribution in [3.05, 3.63) is 46.4 Å². The Morgan fingerprint density at radius 1 is 1.32 bits per heavy atom. The van der Waals surface area contributed by atoms with Gasteiger partial charge in [-0.3, -0.25) is 4.79 Å². The second-order valence-corrected chi connectivity index (χ2v) is 6.86. The number of aryl methyl sites for hydroxylation is 1. The van der Waals surface area contributed by atoms with E-state index in [1.807, 2.05) is 28.5 Å². The Balaban J connectivity index is 1.50. The Labute approximate surface area is 133 Å². The summed E-state index contributed by atoms with van der Waals surface area (Å²) in [6, 6.07) is 8.38. The third kappa shape index (κ3) is 2.73. The maximum Gasteiger partial charge on any atom is 0.264 e. The van der Waals surface area contributed by atoms with Crippen LogP contribution in [-0.4, -0.2) is 27.9 Å². The van der Waals surface area contributed by atoms with Crippen molar-refractivity contribution in [1.29, 1.82) is 0 Å². The minimum atomic E-state index is -0.351. The van der Waals surface area contributed by atoms with Crippen LogP contribution in [0.4, 0.5) is 0 Å². The monoisotopic (exact) mass is 314 g/mol. The van der Waals surface area contributed by atoms with Gasteiger partial charge in [0.05, 0.1) is 6.54 Å². The summed E-state index contributed by atoms with van der Waals surface area (Å²) in [4.78, 5) is 19.2. The summed E-state index contributed by atoms with van der Waals surface area (Å²) in [5.41, 5.74) is 1.20. The largest absolute Gasteiger partial charge is 0.480 e. The molecular weight excluding hydrogens is 296 g/mol. The number of aromatic nitrogens is 1. The summed E-state index contributed by atoms with van der Waals surface area (Å²) >= 11 is 1.60. The minimum Gasteiger partial charge on any atom is -0.480 e. The highest BCUT2D eigenvalue weighted by molar-refractivity contribution is 7.09. The number of para-hydroxylation sites is 1. The Morgan fingerprint density at radius 2 is 2.18 bits per heavy atom. The van der Waals surface area contributed by atoms with Crippen LogP contribution in [0.1, 0.15) is 29.8 Å². The molecule has 0 saturated heterocycles. The quantitative estimate of drug-likeness (QED) is 0.871. The van der Waals surface area contributed by atoms with Crippen molar-refractivity contribution in [3.8, 4) is 5.75 Å². The Hall–Kier alpha value is -1.88. The molecule has 114 valence electrons. The number of thiazole rings is 1. The average molecular weight is 314 g/mol. The summed E-state index contributed by atoms with van der Waals surface area (Å²) in [5, 5.41) is 2.95. The highest BCUT2D eigenvalue weighted by Crippen LogP contribution is 2.32. The number of hydrogen-bond donors (Lipinski definition) is 0. The van der Waals surface area contributed by atoms with Crippen molar-refractivity contribution >= 4 is 17.2 Å². The van der Waals surface area contributed by atoms with Crippen LogP contribution >= 0.6 is 11.3 Å². The zero-order chi connectivity index (χ0) is 14.9. The lowest BCUT2D eigenvalue weighted by atomic mass is 10.0. The molecule has 2 heterocycles. The SMILES string of the molecule is O=C(C1CCc2ccccc2O1)N(Cc1nccs1)C1CC1. The Morgan fingerprint density at radius 3 is 2.95 bits per heavy atom. The highest BCUT2D eigenvalue weighted by atomic mass is 32.1. The molecule has 1 fully saturated rings. The van der Waals surface area contributed by atoms with Gasteiger partial charge in [-0.2, -0.15) is 0 Å². The third-order valence-electron chi connectivity index (χ3n) is 4.25. The molecule has 1 atom stereocenters. The molecule has 2 aliphatic rings. The van der Waals surface area contributed by atoms with Crippen LogP contribution in [-0.2, 0) is 17.8 Å². The van der Waals surface area contributed by atoms with Crippen molar-refractivity contribution in [2.24, 2.45) is 0 Å². The van der Waals surface area contributed by atoms with Crippen LogP contribution in [0, 0.1) is 0 Å². The average Bonchev–Trinajstić information content (AvgIpc) is 3.27. The number of fused-ring (bicyclic) bond motifs is 1. The molecule has 1 unspecified atom stereocenters. The maximum absolute atomic E-state index is 12.9. The van der Waals surface area contributed by atoms with Crippen molar-refractivity contribution in [2.75, 3.05) is 0 Å². The number of amides is 1. The van der Waals surface area contributed by atoms with Crippen LogP contribution in [0.3, 0.4) is 0 Å². The van der Waals surface area contributed by atoms with E-state index in [0.717, 1.165) is 36.4 Å². The highest BCUT2D eigenvalue weighted by Gasteiger charge is 2.38.